The van der Waals surface area contributed by atoms with Crippen LogP contribution in [0.5, 0.6) is 5.75 Å². The van der Waals surface area contributed by atoms with Crippen LogP contribution < -0.4 is 10.1 Å². The molecule has 2 aromatic carbocycles. The highest BCUT2D eigenvalue weighted by Gasteiger charge is 2.27. The number of ether oxygens (including phenoxy) is 1. The maximum Gasteiger partial charge on any atom is 0.257 e. The van der Waals surface area contributed by atoms with Crippen molar-refractivity contribution in [3.8, 4) is 28.3 Å². The molecule has 144 valence electrons. The van der Waals surface area contributed by atoms with Gasteiger partial charge in [0.2, 0.25) is 0 Å². The van der Waals surface area contributed by atoms with E-state index in [1.165, 1.54) is 6.42 Å². The van der Waals surface area contributed by atoms with E-state index in [1.54, 1.807) is 7.11 Å². The second-order valence-electron chi connectivity index (χ2n) is 7.14. The van der Waals surface area contributed by atoms with Crippen LogP contribution in [0.3, 0.4) is 0 Å². The molecule has 28 heavy (non-hydrogen) atoms. The zero-order valence-corrected chi connectivity index (χ0v) is 16.0. The van der Waals surface area contributed by atoms with E-state index in [9.17, 15) is 4.79 Å². The fraction of sp³-hybridized carbons (Fsp3) is 0.304. The number of hydrogen-bond donors (Lipinski definition) is 1. The van der Waals surface area contributed by atoms with Crippen LogP contribution in [0, 0.1) is 0 Å². The van der Waals surface area contributed by atoms with Crippen LogP contribution in [-0.4, -0.2) is 24.2 Å². The van der Waals surface area contributed by atoms with Gasteiger partial charge in [-0.15, -0.1) is 0 Å². The molecule has 1 N–H and O–H groups in total. The summed E-state index contributed by atoms with van der Waals surface area (Å²) in [7, 11) is 1.63. The summed E-state index contributed by atoms with van der Waals surface area (Å²) in [6.45, 7) is 0. The standard InChI is InChI=1S/C23H24N2O3/c1-27-19-14-12-16(13-15-19)21-20(23(26)24-18-10-6-3-7-11-18)22(28-25-21)17-8-4-2-5-9-17/h2,4-5,8-9,12-15,18H,3,6-7,10-11H2,1H3,(H,24,26). The summed E-state index contributed by atoms with van der Waals surface area (Å²) >= 11 is 0. The first-order chi connectivity index (χ1) is 13.8. The van der Waals surface area contributed by atoms with Crippen molar-refractivity contribution >= 4 is 5.91 Å². The highest BCUT2D eigenvalue weighted by molar-refractivity contribution is 6.05. The number of benzene rings is 2. The summed E-state index contributed by atoms with van der Waals surface area (Å²) in [5.41, 5.74) is 2.70. The Morgan fingerprint density at radius 2 is 1.71 bits per heavy atom. The molecule has 1 amide bonds. The first-order valence-corrected chi connectivity index (χ1v) is 9.76. The third kappa shape index (κ3) is 3.79. The summed E-state index contributed by atoms with van der Waals surface area (Å²) in [5, 5.41) is 7.46. The van der Waals surface area contributed by atoms with Gasteiger partial charge in [-0.25, -0.2) is 0 Å². The van der Waals surface area contributed by atoms with Crippen molar-refractivity contribution < 1.29 is 14.1 Å². The van der Waals surface area contributed by atoms with Crippen molar-refractivity contribution in [2.24, 2.45) is 0 Å². The van der Waals surface area contributed by atoms with Gasteiger partial charge in [0.25, 0.3) is 5.91 Å². The average molecular weight is 376 g/mol. The number of rotatable bonds is 5. The lowest BCUT2D eigenvalue weighted by Gasteiger charge is -2.22. The minimum atomic E-state index is -0.127. The number of amides is 1. The van der Waals surface area contributed by atoms with Crippen LogP contribution in [0.4, 0.5) is 0 Å². The Bertz CT molecular complexity index is 926. The maximum atomic E-state index is 13.2. The lowest BCUT2D eigenvalue weighted by atomic mass is 9.94. The summed E-state index contributed by atoms with van der Waals surface area (Å²) in [5.74, 6) is 1.13. The van der Waals surface area contributed by atoms with Gasteiger partial charge >= 0.3 is 0 Å². The molecule has 1 aliphatic rings. The number of carbonyl (C=O) groups is 1. The van der Waals surface area contributed by atoms with Crippen molar-refractivity contribution in [2.75, 3.05) is 7.11 Å². The Hall–Kier alpha value is -3.08. The Balaban J connectivity index is 1.73. The normalized spacial score (nSPS) is 14.6. The molecule has 1 heterocycles. The van der Waals surface area contributed by atoms with Crippen LogP contribution in [0.25, 0.3) is 22.6 Å². The molecule has 0 unspecified atom stereocenters. The van der Waals surface area contributed by atoms with E-state index in [-0.39, 0.29) is 11.9 Å². The molecule has 0 saturated heterocycles. The summed E-state index contributed by atoms with van der Waals surface area (Å²) in [6.07, 6.45) is 5.61. The number of aromatic nitrogens is 1. The number of methoxy groups -OCH3 is 1. The van der Waals surface area contributed by atoms with Crippen molar-refractivity contribution in [1.82, 2.24) is 10.5 Å². The predicted octanol–water partition coefficient (Wildman–Crippen LogP) is 5.08. The van der Waals surface area contributed by atoms with Gasteiger partial charge in [0, 0.05) is 17.2 Å². The molecular weight excluding hydrogens is 352 g/mol. The van der Waals surface area contributed by atoms with E-state index in [1.807, 2.05) is 54.6 Å². The van der Waals surface area contributed by atoms with Crippen LogP contribution in [0.1, 0.15) is 42.5 Å². The summed E-state index contributed by atoms with van der Waals surface area (Å²) < 4.78 is 10.9. The van der Waals surface area contributed by atoms with Crippen LogP contribution in [0.15, 0.2) is 59.1 Å². The highest BCUT2D eigenvalue weighted by atomic mass is 16.5. The molecule has 0 atom stereocenters. The molecule has 5 nitrogen and oxygen atoms in total. The zero-order valence-electron chi connectivity index (χ0n) is 16.0. The Labute approximate surface area is 164 Å². The second-order valence-corrected chi connectivity index (χ2v) is 7.14. The van der Waals surface area contributed by atoms with E-state index in [0.717, 1.165) is 42.6 Å². The molecule has 0 radical (unpaired) electrons. The van der Waals surface area contributed by atoms with Gasteiger partial charge in [-0.05, 0) is 37.1 Å². The number of nitrogens with one attached hydrogen (secondary N) is 1. The molecule has 0 aliphatic heterocycles. The van der Waals surface area contributed by atoms with Crippen molar-refractivity contribution in [3.63, 3.8) is 0 Å². The topological polar surface area (TPSA) is 64.4 Å². The van der Waals surface area contributed by atoms with Gasteiger partial charge in [-0.1, -0.05) is 54.8 Å². The molecule has 0 spiro atoms. The molecular formula is C23H24N2O3. The lowest BCUT2D eigenvalue weighted by molar-refractivity contribution is 0.0928. The van der Waals surface area contributed by atoms with Gasteiger partial charge in [-0.3, -0.25) is 4.79 Å². The van der Waals surface area contributed by atoms with E-state index >= 15 is 0 Å². The Kier molecular flexibility index (Phi) is 5.42. The third-order valence-electron chi connectivity index (χ3n) is 5.26. The fourth-order valence-corrected chi connectivity index (χ4v) is 3.74. The SMILES string of the molecule is COc1ccc(-c2noc(-c3ccccc3)c2C(=O)NC2CCCCC2)cc1. The molecule has 1 aromatic heterocycles. The first kappa shape index (κ1) is 18.3. The van der Waals surface area contributed by atoms with Gasteiger partial charge in [0.1, 0.15) is 17.0 Å². The molecule has 1 aliphatic carbocycles. The number of hydrogen-bond acceptors (Lipinski definition) is 4. The van der Waals surface area contributed by atoms with Crippen LogP contribution in [-0.2, 0) is 0 Å². The summed E-state index contributed by atoms with van der Waals surface area (Å²) in [6, 6.07) is 17.3. The van der Waals surface area contributed by atoms with E-state index in [0.29, 0.717) is 17.0 Å². The van der Waals surface area contributed by atoms with Crippen LogP contribution >= 0.6 is 0 Å². The molecule has 3 aromatic rings. The maximum absolute atomic E-state index is 13.2. The van der Waals surface area contributed by atoms with E-state index in [2.05, 4.69) is 10.5 Å². The van der Waals surface area contributed by atoms with Crippen molar-refractivity contribution in [3.05, 3.63) is 60.2 Å². The minimum absolute atomic E-state index is 0.127. The zero-order chi connectivity index (χ0) is 19.3. The van der Waals surface area contributed by atoms with Gasteiger partial charge in [0.05, 0.1) is 7.11 Å². The van der Waals surface area contributed by atoms with Gasteiger partial charge < -0.3 is 14.6 Å². The number of carbonyl (C=O) groups excluding carboxylic acids is 1. The van der Waals surface area contributed by atoms with Crippen LogP contribution in [0.2, 0.25) is 0 Å². The quantitative estimate of drug-likeness (QED) is 0.674. The minimum Gasteiger partial charge on any atom is -0.497 e. The fourth-order valence-electron chi connectivity index (χ4n) is 3.74. The Morgan fingerprint density at radius 3 is 2.39 bits per heavy atom. The average Bonchev–Trinajstić information content (AvgIpc) is 3.20. The third-order valence-corrected chi connectivity index (χ3v) is 5.26. The van der Waals surface area contributed by atoms with Gasteiger partial charge in [-0.2, -0.15) is 0 Å². The highest BCUT2D eigenvalue weighted by Crippen LogP contribution is 2.33. The molecule has 0 bridgehead atoms. The van der Waals surface area contributed by atoms with Crippen molar-refractivity contribution in [2.45, 2.75) is 38.1 Å². The smallest absolute Gasteiger partial charge is 0.257 e. The predicted molar refractivity (Wildman–Crippen MR) is 108 cm³/mol. The molecule has 4 rings (SSSR count). The monoisotopic (exact) mass is 376 g/mol. The second kappa shape index (κ2) is 8.30. The number of nitrogens with zero attached hydrogens (tertiary/aromatic N) is 1. The first-order valence-electron chi connectivity index (χ1n) is 9.76. The van der Waals surface area contributed by atoms with E-state index in [4.69, 9.17) is 9.26 Å². The Morgan fingerprint density at radius 1 is 1.00 bits per heavy atom. The molecule has 1 fully saturated rings. The summed E-state index contributed by atoms with van der Waals surface area (Å²) in [4.78, 5) is 13.2. The molecule has 5 heteroatoms. The largest absolute Gasteiger partial charge is 0.497 e. The van der Waals surface area contributed by atoms with E-state index < -0.39 is 0 Å². The van der Waals surface area contributed by atoms with Gasteiger partial charge in [0.15, 0.2) is 5.76 Å². The van der Waals surface area contributed by atoms with Crippen molar-refractivity contribution in [1.29, 1.82) is 0 Å². The lowest BCUT2D eigenvalue weighted by Crippen LogP contribution is -2.36. The molecule has 1 saturated carbocycles.